The normalized spacial score (nSPS) is 19.4. The van der Waals surface area contributed by atoms with Crippen LogP contribution in [0.5, 0.6) is 0 Å². The van der Waals surface area contributed by atoms with Crippen LogP contribution in [0.1, 0.15) is 32.1 Å². The molecule has 2 fully saturated rings. The van der Waals surface area contributed by atoms with Gasteiger partial charge < -0.3 is 15.0 Å². The van der Waals surface area contributed by atoms with Crippen molar-refractivity contribution in [3.8, 4) is 0 Å². The second-order valence-corrected chi connectivity index (χ2v) is 6.00. The summed E-state index contributed by atoms with van der Waals surface area (Å²) in [7, 11) is 1.40. The van der Waals surface area contributed by atoms with Gasteiger partial charge in [-0.2, -0.15) is 0 Å². The van der Waals surface area contributed by atoms with Crippen molar-refractivity contribution in [3.05, 3.63) is 0 Å². The minimum absolute atomic E-state index is 0.0270. The Labute approximate surface area is 126 Å². The highest BCUT2D eigenvalue weighted by molar-refractivity contribution is 5.74. The van der Waals surface area contributed by atoms with Gasteiger partial charge in [-0.25, -0.2) is 4.79 Å². The first-order valence-corrected chi connectivity index (χ1v) is 8.01. The maximum Gasteiger partial charge on any atom is 0.317 e. The molecule has 0 atom stereocenters. The van der Waals surface area contributed by atoms with Crippen LogP contribution in [-0.4, -0.2) is 68.2 Å². The Hall–Kier alpha value is -1.30. The number of rotatable bonds is 7. The molecule has 0 radical (unpaired) electrons. The van der Waals surface area contributed by atoms with Crippen LogP contribution in [0.15, 0.2) is 0 Å². The van der Waals surface area contributed by atoms with Crippen molar-refractivity contribution in [1.82, 2.24) is 15.1 Å². The van der Waals surface area contributed by atoms with E-state index in [2.05, 4.69) is 15.0 Å². The molecule has 1 saturated carbocycles. The summed E-state index contributed by atoms with van der Waals surface area (Å²) >= 11 is 0. The second-order valence-electron chi connectivity index (χ2n) is 6.00. The van der Waals surface area contributed by atoms with Gasteiger partial charge in [0.25, 0.3) is 0 Å². The van der Waals surface area contributed by atoms with Crippen molar-refractivity contribution >= 4 is 12.0 Å². The number of amides is 2. The summed E-state index contributed by atoms with van der Waals surface area (Å²) in [6, 6.07) is 0.0270. The number of carbonyl (C=O) groups excluding carboxylic acids is 2. The Bertz CT molecular complexity index is 350. The number of ether oxygens (including phenoxy) is 1. The Morgan fingerprint density at radius 1 is 1.14 bits per heavy atom. The molecule has 2 rings (SSSR count). The number of hydrogen-bond acceptors (Lipinski definition) is 4. The predicted molar refractivity (Wildman–Crippen MR) is 80.0 cm³/mol. The summed E-state index contributed by atoms with van der Waals surface area (Å²) in [5.74, 6) is 0.730. The van der Waals surface area contributed by atoms with Gasteiger partial charge in [0.2, 0.25) is 0 Å². The molecule has 0 spiro atoms. The van der Waals surface area contributed by atoms with Crippen LogP contribution < -0.4 is 5.32 Å². The molecule has 1 saturated heterocycles. The summed E-state index contributed by atoms with van der Waals surface area (Å²) in [5, 5.41) is 2.93. The van der Waals surface area contributed by atoms with Gasteiger partial charge in [0, 0.05) is 45.7 Å². The Kier molecular flexibility index (Phi) is 6.29. The van der Waals surface area contributed by atoms with Crippen LogP contribution >= 0.6 is 0 Å². The van der Waals surface area contributed by atoms with Gasteiger partial charge in [-0.1, -0.05) is 0 Å². The number of unbranched alkanes of at least 4 members (excludes halogenated alkanes) is 1. The largest absolute Gasteiger partial charge is 0.469 e. The van der Waals surface area contributed by atoms with Crippen molar-refractivity contribution in [2.24, 2.45) is 5.92 Å². The zero-order chi connectivity index (χ0) is 15.1. The topological polar surface area (TPSA) is 61.9 Å². The van der Waals surface area contributed by atoms with Gasteiger partial charge in [-0.05, 0) is 31.6 Å². The molecule has 21 heavy (non-hydrogen) atoms. The zero-order valence-corrected chi connectivity index (χ0v) is 13.0. The van der Waals surface area contributed by atoms with Crippen molar-refractivity contribution in [2.45, 2.75) is 32.1 Å². The molecule has 0 aromatic carbocycles. The molecule has 1 N–H and O–H groups in total. The fourth-order valence-corrected chi connectivity index (χ4v) is 2.60. The van der Waals surface area contributed by atoms with Crippen LogP contribution in [-0.2, 0) is 9.53 Å². The smallest absolute Gasteiger partial charge is 0.317 e. The van der Waals surface area contributed by atoms with Crippen LogP contribution in [0.2, 0.25) is 0 Å². The minimum Gasteiger partial charge on any atom is -0.469 e. The van der Waals surface area contributed by atoms with E-state index in [9.17, 15) is 9.59 Å². The molecule has 6 nitrogen and oxygen atoms in total. The quantitative estimate of drug-likeness (QED) is 0.564. The molecule has 1 heterocycles. The van der Waals surface area contributed by atoms with E-state index in [1.54, 1.807) is 0 Å². The van der Waals surface area contributed by atoms with E-state index in [-0.39, 0.29) is 12.0 Å². The summed E-state index contributed by atoms with van der Waals surface area (Å²) in [5.41, 5.74) is 0. The van der Waals surface area contributed by atoms with Crippen LogP contribution in [0.25, 0.3) is 0 Å². The number of methoxy groups -OCH3 is 1. The Morgan fingerprint density at radius 2 is 1.86 bits per heavy atom. The van der Waals surface area contributed by atoms with Crippen molar-refractivity contribution in [1.29, 1.82) is 0 Å². The van der Waals surface area contributed by atoms with Gasteiger partial charge in [-0.15, -0.1) is 0 Å². The predicted octanol–water partition coefficient (Wildman–Crippen LogP) is 1.07. The average Bonchev–Trinajstić information content (AvgIpc) is 3.31. The summed E-state index contributed by atoms with van der Waals surface area (Å²) in [6.45, 7) is 5.46. The molecular formula is C15H27N3O3. The van der Waals surface area contributed by atoms with Gasteiger partial charge >= 0.3 is 12.0 Å². The molecule has 0 aromatic rings. The maximum atomic E-state index is 12.0. The highest BCUT2D eigenvalue weighted by Crippen LogP contribution is 2.29. The van der Waals surface area contributed by atoms with E-state index in [0.717, 1.165) is 44.9 Å². The van der Waals surface area contributed by atoms with Gasteiger partial charge in [-0.3, -0.25) is 9.69 Å². The number of urea groups is 1. The third-order valence-corrected chi connectivity index (χ3v) is 4.18. The Balaban J connectivity index is 1.51. The van der Waals surface area contributed by atoms with E-state index in [0.29, 0.717) is 13.0 Å². The summed E-state index contributed by atoms with van der Waals surface area (Å²) < 4.78 is 4.58. The first-order valence-electron chi connectivity index (χ1n) is 8.01. The molecule has 0 aromatic heterocycles. The lowest BCUT2D eigenvalue weighted by Gasteiger charge is -2.34. The summed E-state index contributed by atoms with van der Waals surface area (Å²) in [6.07, 6.45) is 4.75. The van der Waals surface area contributed by atoms with E-state index >= 15 is 0 Å². The lowest BCUT2D eigenvalue weighted by atomic mass is 10.2. The van der Waals surface area contributed by atoms with Crippen LogP contribution in [0.3, 0.4) is 0 Å². The lowest BCUT2D eigenvalue weighted by Crippen LogP contribution is -2.52. The van der Waals surface area contributed by atoms with E-state index in [1.807, 2.05) is 4.90 Å². The number of nitrogens with one attached hydrogen (secondary N) is 1. The fourth-order valence-electron chi connectivity index (χ4n) is 2.60. The highest BCUT2D eigenvalue weighted by atomic mass is 16.5. The van der Waals surface area contributed by atoms with E-state index < -0.39 is 0 Å². The monoisotopic (exact) mass is 297 g/mol. The number of esters is 1. The number of hydrogen-bond donors (Lipinski definition) is 1. The third-order valence-electron chi connectivity index (χ3n) is 4.18. The fraction of sp³-hybridized carbons (Fsp3) is 0.867. The first kappa shape index (κ1) is 16.1. The molecule has 0 bridgehead atoms. The van der Waals surface area contributed by atoms with E-state index in [1.165, 1.54) is 26.5 Å². The molecule has 2 aliphatic rings. The Morgan fingerprint density at radius 3 is 2.48 bits per heavy atom. The minimum atomic E-state index is -0.187. The first-order chi connectivity index (χ1) is 10.2. The number of carbonyl (C=O) groups is 2. The van der Waals surface area contributed by atoms with Gasteiger partial charge in [0.05, 0.1) is 7.11 Å². The average molecular weight is 297 g/mol. The zero-order valence-electron chi connectivity index (χ0n) is 13.0. The summed E-state index contributed by atoms with van der Waals surface area (Å²) in [4.78, 5) is 27.3. The van der Waals surface area contributed by atoms with Gasteiger partial charge in [0.15, 0.2) is 0 Å². The SMILES string of the molecule is COC(=O)CCCCNC(=O)N1CCN(CC2CC2)CC1. The third kappa shape index (κ3) is 5.91. The molecule has 1 aliphatic heterocycles. The molecule has 1 aliphatic carbocycles. The second kappa shape index (κ2) is 8.22. The number of piperazine rings is 1. The van der Waals surface area contributed by atoms with Crippen molar-refractivity contribution in [2.75, 3.05) is 46.4 Å². The molecular weight excluding hydrogens is 270 g/mol. The highest BCUT2D eigenvalue weighted by Gasteiger charge is 2.27. The van der Waals surface area contributed by atoms with E-state index in [4.69, 9.17) is 0 Å². The van der Waals surface area contributed by atoms with Crippen LogP contribution in [0.4, 0.5) is 4.79 Å². The molecule has 0 unspecified atom stereocenters. The lowest BCUT2D eigenvalue weighted by molar-refractivity contribution is -0.140. The van der Waals surface area contributed by atoms with Crippen molar-refractivity contribution < 1.29 is 14.3 Å². The number of nitrogens with zero attached hydrogens (tertiary/aromatic N) is 2. The molecule has 2 amide bonds. The standard InChI is InChI=1S/C15H27N3O3/c1-21-14(19)4-2-3-7-16-15(20)18-10-8-17(9-11-18)12-13-5-6-13/h13H,2-12H2,1H3,(H,16,20). The maximum absolute atomic E-state index is 12.0. The van der Waals surface area contributed by atoms with Crippen LogP contribution in [0, 0.1) is 5.92 Å². The van der Waals surface area contributed by atoms with Gasteiger partial charge in [0.1, 0.15) is 0 Å². The molecule has 120 valence electrons. The molecule has 6 heteroatoms. The van der Waals surface area contributed by atoms with Crippen molar-refractivity contribution in [3.63, 3.8) is 0 Å².